The molecule has 0 spiro atoms. The molecule has 4 rings (SSSR count). The smallest absolute Gasteiger partial charge is 0.336 e. The third-order valence-electron chi connectivity index (χ3n) is 5.64. The lowest BCUT2D eigenvalue weighted by Gasteiger charge is -2.34. The first-order chi connectivity index (χ1) is 14.5. The molecule has 2 aromatic carbocycles. The van der Waals surface area contributed by atoms with Crippen molar-refractivity contribution in [2.75, 3.05) is 6.61 Å². The van der Waals surface area contributed by atoms with Crippen molar-refractivity contribution in [1.82, 2.24) is 5.32 Å². The zero-order valence-electron chi connectivity index (χ0n) is 16.9. The van der Waals surface area contributed by atoms with E-state index >= 15 is 0 Å². The summed E-state index contributed by atoms with van der Waals surface area (Å²) in [5.74, 6) is -0.669. The number of halogens is 1. The summed E-state index contributed by atoms with van der Waals surface area (Å²) in [5, 5.41) is 3.33. The van der Waals surface area contributed by atoms with Gasteiger partial charge in [0.2, 0.25) is 0 Å². The minimum absolute atomic E-state index is 0.107. The lowest BCUT2D eigenvalue weighted by atomic mass is 9.75. The third-order valence-corrected chi connectivity index (χ3v) is 6.14. The first-order valence-electron chi connectivity index (χ1n) is 10.2. The van der Waals surface area contributed by atoms with Gasteiger partial charge in [-0.1, -0.05) is 58.4 Å². The molecule has 2 aromatic rings. The number of dihydropyridines is 1. The van der Waals surface area contributed by atoms with Crippen molar-refractivity contribution in [1.29, 1.82) is 0 Å². The highest BCUT2D eigenvalue weighted by molar-refractivity contribution is 9.10. The minimum atomic E-state index is -0.407. The van der Waals surface area contributed by atoms with Gasteiger partial charge in [0, 0.05) is 40.2 Å². The molecule has 4 nitrogen and oxygen atoms in total. The van der Waals surface area contributed by atoms with Gasteiger partial charge in [0.1, 0.15) is 0 Å². The van der Waals surface area contributed by atoms with Crippen LogP contribution >= 0.6 is 15.9 Å². The SMILES string of the molecule is CC1=C(C(=O)OCCc2ccccc2)[C@@H](c2cccc(Br)c2)C2=C(CCCC2=O)N1. The maximum Gasteiger partial charge on any atom is 0.336 e. The van der Waals surface area contributed by atoms with Crippen molar-refractivity contribution in [2.45, 2.75) is 38.5 Å². The molecule has 1 aliphatic carbocycles. The number of rotatable bonds is 5. The van der Waals surface area contributed by atoms with Crippen LogP contribution in [0.1, 0.15) is 43.2 Å². The summed E-state index contributed by atoms with van der Waals surface area (Å²) in [6.07, 6.45) is 2.82. The molecule has 5 heteroatoms. The number of ether oxygens (including phenoxy) is 1. The topological polar surface area (TPSA) is 55.4 Å². The summed E-state index contributed by atoms with van der Waals surface area (Å²) in [6.45, 7) is 2.19. The number of hydrogen-bond acceptors (Lipinski definition) is 4. The van der Waals surface area contributed by atoms with Crippen LogP contribution in [0.2, 0.25) is 0 Å². The second-order valence-corrected chi connectivity index (χ2v) is 8.61. The summed E-state index contributed by atoms with van der Waals surface area (Å²) < 4.78 is 6.59. The van der Waals surface area contributed by atoms with Crippen LogP contribution in [0, 0.1) is 0 Å². The monoisotopic (exact) mass is 465 g/mol. The van der Waals surface area contributed by atoms with Crippen LogP contribution < -0.4 is 5.32 Å². The number of hydrogen-bond donors (Lipinski definition) is 1. The fraction of sp³-hybridized carbons (Fsp3) is 0.280. The molecule has 1 atom stereocenters. The predicted molar refractivity (Wildman–Crippen MR) is 120 cm³/mol. The molecule has 1 N–H and O–H groups in total. The van der Waals surface area contributed by atoms with E-state index in [2.05, 4.69) is 21.2 Å². The van der Waals surface area contributed by atoms with Gasteiger partial charge in [-0.15, -0.1) is 0 Å². The molecular formula is C25H24BrNO3. The van der Waals surface area contributed by atoms with Crippen LogP contribution in [0.5, 0.6) is 0 Å². The second-order valence-electron chi connectivity index (χ2n) is 7.69. The number of Topliss-reactive ketones (excluding diaryl/α,β-unsaturated/α-hetero) is 1. The molecule has 0 radical (unpaired) electrons. The van der Waals surface area contributed by atoms with Crippen molar-refractivity contribution >= 4 is 27.7 Å². The van der Waals surface area contributed by atoms with E-state index in [4.69, 9.17) is 4.74 Å². The van der Waals surface area contributed by atoms with Crippen LogP contribution in [0.3, 0.4) is 0 Å². The molecule has 0 aromatic heterocycles. The fourth-order valence-electron chi connectivity index (χ4n) is 4.26. The van der Waals surface area contributed by atoms with Gasteiger partial charge in [0.05, 0.1) is 12.2 Å². The van der Waals surface area contributed by atoms with Gasteiger partial charge in [-0.3, -0.25) is 4.79 Å². The van der Waals surface area contributed by atoms with Crippen LogP contribution in [0.4, 0.5) is 0 Å². The second kappa shape index (κ2) is 9.00. The van der Waals surface area contributed by atoms with Gasteiger partial charge in [-0.25, -0.2) is 4.79 Å². The maximum absolute atomic E-state index is 13.2. The number of benzene rings is 2. The average molecular weight is 466 g/mol. The number of carbonyl (C=O) groups excluding carboxylic acids is 2. The standard InChI is InChI=1S/C25H24BrNO3/c1-16-22(25(29)30-14-13-17-7-3-2-4-8-17)23(18-9-5-10-19(26)15-18)24-20(27-16)11-6-12-21(24)28/h2-5,7-10,15,23,27H,6,11-14H2,1H3/t23-/m1/s1. The Bertz CT molecular complexity index is 1040. The quantitative estimate of drug-likeness (QED) is 0.616. The molecule has 0 saturated carbocycles. The summed E-state index contributed by atoms with van der Waals surface area (Å²) in [5.41, 5.74) is 4.97. The zero-order valence-corrected chi connectivity index (χ0v) is 18.5. The Morgan fingerprint density at radius 3 is 2.70 bits per heavy atom. The number of nitrogens with one attached hydrogen (secondary N) is 1. The van der Waals surface area contributed by atoms with Crippen LogP contribution in [0.25, 0.3) is 0 Å². The van der Waals surface area contributed by atoms with Crippen molar-refractivity contribution < 1.29 is 14.3 Å². The van der Waals surface area contributed by atoms with Gasteiger partial charge in [-0.2, -0.15) is 0 Å². The molecule has 154 valence electrons. The Hall–Kier alpha value is -2.66. The van der Waals surface area contributed by atoms with Crippen molar-refractivity contribution in [3.63, 3.8) is 0 Å². The van der Waals surface area contributed by atoms with Crippen molar-refractivity contribution in [2.24, 2.45) is 0 Å². The number of ketones is 1. The first kappa shape index (κ1) is 20.6. The van der Waals surface area contributed by atoms with E-state index in [0.717, 1.165) is 39.8 Å². The van der Waals surface area contributed by atoms with Gasteiger partial charge in [-0.05, 0) is 43.0 Å². The third kappa shape index (κ3) is 4.26. The van der Waals surface area contributed by atoms with Gasteiger partial charge >= 0.3 is 5.97 Å². The molecule has 2 aliphatic rings. The molecule has 0 bridgehead atoms. The summed E-state index contributed by atoms with van der Waals surface area (Å²) >= 11 is 3.52. The molecule has 1 aliphatic heterocycles. The van der Waals surface area contributed by atoms with E-state index in [1.54, 1.807) is 0 Å². The van der Waals surface area contributed by atoms with Gasteiger partial charge in [0.25, 0.3) is 0 Å². The number of esters is 1. The Labute approximate surface area is 185 Å². The summed E-state index contributed by atoms with van der Waals surface area (Å²) in [7, 11) is 0. The minimum Gasteiger partial charge on any atom is -0.462 e. The molecular weight excluding hydrogens is 442 g/mol. The van der Waals surface area contributed by atoms with Crippen LogP contribution in [0.15, 0.2) is 81.6 Å². The van der Waals surface area contributed by atoms with Crippen molar-refractivity contribution in [3.05, 3.63) is 92.7 Å². The molecule has 0 amide bonds. The van der Waals surface area contributed by atoms with Crippen molar-refractivity contribution in [3.8, 4) is 0 Å². The first-order valence-corrected chi connectivity index (χ1v) is 11.0. The summed E-state index contributed by atoms with van der Waals surface area (Å²) in [6, 6.07) is 17.8. The van der Waals surface area contributed by atoms with Crippen LogP contribution in [-0.4, -0.2) is 18.4 Å². The highest BCUT2D eigenvalue weighted by atomic mass is 79.9. The Kier molecular flexibility index (Phi) is 6.18. The lowest BCUT2D eigenvalue weighted by molar-refractivity contribution is -0.139. The highest BCUT2D eigenvalue weighted by Gasteiger charge is 2.39. The van der Waals surface area contributed by atoms with E-state index in [0.29, 0.717) is 30.6 Å². The lowest BCUT2D eigenvalue weighted by Crippen LogP contribution is -2.34. The molecule has 0 unspecified atom stereocenters. The van der Waals surface area contributed by atoms with E-state index in [9.17, 15) is 9.59 Å². The Morgan fingerprint density at radius 2 is 1.93 bits per heavy atom. The Balaban J connectivity index is 1.64. The van der Waals surface area contributed by atoms with Crippen LogP contribution in [-0.2, 0) is 20.7 Å². The normalized spacial score (nSPS) is 18.7. The Morgan fingerprint density at radius 1 is 1.13 bits per heavy atom. The molecule has 30 heavy (non-hydrogen) atoms. The molecule has 1 heterocycles. The van der Waals surface area contributed by atoms with E-state index in [1.807, 2.05) is 61.5 Å². The number of carbonyl (C=O) groups is 2. The van der Waals surface area contributed by atoms with E-state index in [-0.39, 0.29) is 11.8 Å². The van der Waals surface area contributed by atoms with Gasteiger partial charge in [0.15, 0.2) is 5.78 Å². The zero-order chi connectivity index (χ0) is 21.1. The van der Waals surface area contributed by atoms with E-state index in [1.165, 1.54) is 0 Å². The largest absolute Gasteiger partial charge is 0.462 e. The average Bonchev–Trinajstić information content (AvgIpc) is 2.73. The van der Waals surface area contributed by atoms with E-state index < -0.39 is 5.92 Å². The van der Waals surface area contributed by atoms with Gasteiger partial charge < -0.3 is 10.1 Å². The number of allylic oxidation sites excluding steroid dienone is 3. The highest BCUT2D eigenvalue weighted by Crippen LogP contribution is 2.42. The fourth-order valence-corrected chi connectivity index (χ4v) is 4.67. The predicted octanol–water partition coefficient (Wildman–Crippen LogP) is 5.20. The molecule has 0 saturated heterocycles. The molecule has 0 fully saturated rings. The maximum atomic E-state index is 13.2. The summed E-state index contributed by atoms with van der Waals surface area (Å²) in [4.78, 5) is 26.1.